The Morgan fingerprint density at radius 3 is 2.94 bits per heavy atom. The Bertz CT molecular complexity index is 653. The molecule has 0 aliphatic carbocycles. The molecule has 0 bridgehead atoms. The van der Waals surface area contributed by atoms with Crippen LogP contribution in [-0.2, 0) is 6.54 Å². The average Bonchev–Trinajstić information content (AvgIpc) is 2.86. The monoisotopic (exact) mass is 240 g/mol. The molecule has 0 aliphatic heterocycles. The summed E-state index contributed by atoms with van der Waals surface area (Å²) >= 11 is 1.71. The van der Waals surface area contributed by atoms with Gasteiger partial charge in [-0.2, -0.15) is 0 Å². The van der Waals surface area contributed by atoms with Crippen LogP contribution in [0.15, 0.2) is 48.1 Å². The minimum absolute atomic E-state index is 0.587. The molecule has 0 aliphatic rings. The van der Waals surface area contributed by atoms with Crippen LogP contribution in [0.25, 0.3) is 21.9 Å². The lowest BCUT2D eigenvalue weighted by molar-refractivity contribution is 1.11. The second-order valence-corrected chi connectivity index (χ2v) is 4.86. The Morgan fingerprint density at radius 1 is 1.12 bits per heavy atom. The summed E-state index contributed by atoms with van der Waals surface area (Å²) in [6.07, 6.45) is 3.74. The molecular formula is C14H12N2S. The molecule has 2 heterocycles. The number of hydrogen-bond acceptors (Lipinski definition) is 3. The first kappa shape index (κ1) is 10.4. The van der Waals surface area contributed by atoms with E-state index in [4.69, 9.17) is 5.73 Å². The standard InChI is InChI=1S/C14H12N2S/c15-8-14-12(5-7-17-14)11-3-1-2-10-4-6-16-9-13(10)11/h1-7,9H,8,15H2. The molecule has 0 radical (unpaired) electrons. The number of nitrogens with zero attached hydrogens (tertiary/aromatic N) is 1. The molecule has 0 saturated heterocycles. The molecule has 1 aromatic carbocycles. The van der Waals surface area contributed by atoms with Crippen LogP contribution < -0.4 is 5.73 Å². The molecule has 0 fully saturated rings. The maximum absolute atomic E-state index is 5.77. The zero-order valence-corrected chi connectivity index (χ0v) is 10.1. The number of benzene rings is 1. The normalized spacial score (nSPS) is 10.9. The van der Waals surface area contributed by atoms with E-state index in [0.29, 0.717) is 6.54 Å². The number of fused-ring (bicyclic) bond motifs is 1. The zero-order valence-electron chi connectivity index (χ0n) is 9.26. The van der Waals surface area contributed by atoms with Crippen molar-refractivity contribution in [1.82, 2.24) is 4.98 Å². The Morgan fingerprint density at radius 2 is 2.06 bits per heavy atom. The highest BCUT2D eigenvalue weighted by atomic mass is 32.1. The van der Waals surface area contributed by atoms with Crippen LogP contribution in [0.3, 0.4) is 0 Å². The summed E-state index contributed by atoms with van der Waals surface area (Å²) in [7, 11) is 0. The van der Waals surface area contributed by atoms with E-state index in [1.807, 2.05) is 18.5 Å². The summed E-state index contributed by atoms with van der Waals surface area (Å²) in [4.78, 5) is 5.43. The van der Waals surface area contributed by atoms with Gasteiger partial charge in [0.1, 0.15) is 0 Å². The van der Waals surface area contributed by atoms with Gasteiger partial charge < -0.3 is 5.73 Å². The van der Waals surface area contributed by atoms with E-state index >= 15 is 0 Å². The van der Waals surface area contributed by atoms with Gasteiger partial charge in [-0.3, -0.25) is 4.98 Å². The van der Waals surface area contributed by atoms with E-state index in [9.17, 15) is 0 Å². The number of hydrogen-bond donors (Lipinski definition) is 1. The van der Waals surface area contributed by atoms with Crippen LogP contribution in [0.4, 0.5) is 0 Å². The number of pyridine rings is 1. The fraction of sp³-hybridized carbons (Fsp3) is 0.0714. The SMILES string of the molecule is NCc1sccc1-c1cccc2ccncc12. The van der Waals surface area contributed by atoms with Gasteiger partial charge >= 0.3 is 0 Å². The molecule has 2 aromatic heterocycles. The average molecular weight is 240 g/mol. The van der Waals surface area contributed by atoms with E-state index in [1.54, 1.807) is 11.3 Å². The van der Waals surface area contributed by atoms with Crippen LogP contribution in [0.1, 0.15) is 4.88 Å². The molecule has 0 atom stereocenters. The van der Waals surface area contributed by atoms with Gasteiger partial charge in [0.15, 0.2) is 0 Å². The first-order valence-corrected chi connectivity index (χ1v) is 6.37. The van der Waals surface area contributed by atoms with E-state index < -0.39 is 0 Å². The van der Waals surface area contributed by atoms with Crippen LogP contribution in [0, 0.1) is 0 Å². The van der Waals surface area contributed by atoms with Crippen LogP contribution >= 0.6 is 11.3 Å². The predicted octanol–water partition coefficient (Wildman–Crippen LogP) is 3.42. The summed E-state index contributed by atoms with van der Waals surface area (Å²) in [6.45, 7) is 0.587. The maximum atomic E-state index is 5.77. The summed E-state index contributed by atoms with van der Waals surface area (Å²) in [5.41, 5.74) is 8.22. The van der Waals surface area contributed by atoms with Gasteiger partial charge in [-0.25, -0.2) is 0 Å². The van der Waals surface area contributed by atoms with Crippen molar-refractivity contribution < 1.29 is 0 Å². The number of thiophene rings is 1. The van der Waals surface area contributed by atoms with Crippen LogP contribution in [-0.4, -0.2) is 4.98 Å². The minimum Gasteiger partial charge on any atom is -0.326 e. The van der Waals surface area contributed by atoms with Gasteiger partial charge in [-0.15, -0.1) is 11.3 Å². The molecule has 0 amide bonds. The molecule has 3 heteroatoms. The van der Waals surface area contributed by atoms with E-state index in [2.05, 4.69) is 34.6 Å². The third-order valence-corrected chi connectivity index (χ3v) is 3.85. The van der Waals surface area contributed by atoms with Crippen molar-refractivity contribution in [3.63, 3.8) is 0 Å². The zero-order chi connectivity index (χ0) is 11.7. The summed E-state index contributed by atoms with van der Waals surface area (Å²) < 4.78 is 0. The van der Waals surface area contributed by atoms with Gasteiger partial charge in [0.05, 0.1) is 0 Å². The Hall–Kier alpha value is -1.71. The Balaban J connectivity index is 2.31. The van der Waals surface area contributed by atoms with Crippen LogP contribution in [0.2, 0.25) is 0 Å². The van der Waals surface area contributed by atoms with Crippen molar-refractivity contribution in [3.05, 3.63) is 53.0 Å². The van der Waals surface area contributed by atoms with Gasteiger partial charge in [-0.05, 0) is 34.0 Å². The Labute approximate surface area is 104 Å². The largest absolute Gasteiger partial charge is 0.326 e. The highest BCUT2D eigenvalue weighted by Gasteiger charge is 2.08. The lowest BCUT2D eigenvalue weighted by atomic mass is 10.0. The lowest BCUT2D eigenvalue weighted by Crippen LogP contribution is -1.95. The third kappa shape index (κ3) is 1.73. The molecule has 0 unspecified atom stereocenters. The van der Waals surface area contributed by atoms with E-state index in [-0.39, 0.29) is 0 Å². The van der Waals surface area contributed by atoms with Crippen molar-refractivity contribution in [1.29, 1.82) is 0 Å². The van der Waals surface area contributed by atoms with E-state index in [0.717, 1.165) is 0 Å². The smallest absolute Gasteiger partial charge is 0.0352 e. The third-order valence-electron chi connectivity index (χ3n) is 2.90. The summed E-state index contributed by atoms with van der Waals surface area (Å²) in [6, 6.07) is 10.5. The fourth-order valence-corrected chi connectivity index (χ4v) is 2.86. The number of rotatable bonds is 2. The Kier molecular flexibility index (Phi) is 2.63. The molecule has 3 aromatic rings. The van der Waals surface area contributed by atoms with Gasteiger partial charge in [0, 0.05) is 29.2 Å². The molecule has 0 saturated carbocycles. The highest BCUT2D eigenvalue weighted by Crippen LogP contribution is 2.32. The number of nitrogens with two attached hydrogens (primary N) is 1. The van der Waals surface area contributed by atoms with Crippen LogP contribution in [0.5, 0.6) is 0 Å². The second-order valence-electron chi connectivity index (χ2n) is 3.86. The molecule has 17 heavy (non-hydrogen) atoms. The van der Waals surface area contributed by atoms with Crippen molar-refractivity contribution in [2.24, 2.45) is 5.73 Å². The highest BCUT2D eigenvalue weighted by molar-refractivity contribution is 7.10. The first-order chi connectivity index (χ1) is 8.40. The van der Waals surface area contributed by atoms with Crippen molar-refractivity contribution in [2.45, 2.75) is 6.54 Å². The van der Waals surface area contributed by atoms with E-state index in [1.165, 1.54) is 26.8 Å². The van der Waals surface area contributed by atoms with Gasteiger partial charge in [0.25, 0.3) is 0 Å². The summed E-state index contributed by atoms with van der Waals surface area (Å²) in [5, 5.41) is 4.49. The first-order valence-electron chi connectivity index (χ1n) is 5.49. The van der Waals surface area contributed by atoms with Gasteiger partial charge in [0.2, 0.25) is 0 Å². The minimum atomic E-state index is 0.587. The molecule has 0 spiro atoms. The van der Waals surface area contributed by atoms with Crippen molar-refractivity contribution >= 4 is 22.1 Å². The molecular weight excluding hydrogens is 228 g/mol. The fourth-order valence-electron chi connectivity index (χ4n) is 2.09. The molecule has 84 valence electrons. The van der Waals surface area contributed by atoms with Gasteiger partial charge in [-0.1, -0.05) is 18.2 Å². The summed E-state index contributed by atoms with van der Waals surface area (Å²) in [5.74, 6) is 0. The number of aromatic nitrogens is 1. The predicted molar refractivity (Wildman–Crippen MR) is 72.9 cm³/mol. The second kappa shape index (κ2) is 4.28. The topological polar surface area (TPSA) is 38.9 Å². The molecule has 2 N–H and O–H groups in total. The quantitative estimate of drug-likeness (QED) is 0.745. The molecule has 2 nitrogen and oxygen atoms in total. The molecule has 3 rings (SSSR count). The lowest BCUT2D eigenvalue weighted by Gasteiger charge is -2.06. The van der Waals surface area contributed by atoms with Crippen molar-refractivity contribution in [3.8, 4) is 11.1 Å². The van der Waals surface area contributed by atoms with Crippen molar-refractivity contribution in [2.75, 3.05) is 0 Å². The maximum Gasteiger partial charge on any atom is 0.0352 e.